The number of likely N-dealkylation sites (tertiary alicyclic amines) is 1. The second-order valence-corrected chi connectivity index (χ2v) is 6.87. The van der Waals surface area contributed by atoms with E-state index in [0.717, 1.165) is 17.0 Å². The molecule has 2 N–H and O–H groups in total. The van der Waals surface area contributed by atoms with Crippen LogP contribution in [0, 0.1) is 0 Å². The highest BCUT2D eigenvalue weighted by molar-refractivity contribution is 7.92. The summed E-state index contributed by atoms with van der Waals surface area (Å²) in [5.74, 6) is 1.25. The Morgan fingerprint density at radius 2 is 2.38 bits per heavy atom. The maximum Gasteiger partial charge on any atom is 0.409 e. The number of nitrogens with one attached hydrogen (secondary N) is 1. The Morgan fingerprint density at radius 3 is 3.14 bits per heavy atom. The van der Waals surface area contributed by atoms with Crippen LogP contribution in [0.5, 0.6) is 0 Å². The lowest BCUT2D eigenvalue weighted by Crippen LogP contribution is -2.31. The second kappa shape index (κ2) is 5.86. The summed E-state index contributed by atoms with van der Waals surface area (Å²) in [5.41, 5.74) is 0.811. The summed E-state index contributed by atoms with van der Waals surface area (Å²) in [7, 11) is 1.37. The van der Waals surface area contributed by atoms with E-state index in [1.165, 1.54) is 7.11 Å². The smallest absolute Gasteiger partial charge is 0.409 e. The van der Waals surface area contributed by atoms with Crippen LogP contribution < -0.4 is 5.32 Å². The number of carbonyl (C=O) groups excluding carboxylic acids is 1. The van der Waals surface area contributed by atoms with Gasteiger partial charge in [0, 0.05) is 25.6 Å². The minimum atomic E-state index is -0.838. The Morgan fingerprint density at radius 1 is 1.57 bits per heavy atom. The second-order valence-electron chi connectivity index (χ2n) is 4.98. The fourth-order valence-corrected chi connectivity index (χ4v) is 4.17. The molecule has 1 fully saturated rings. The number of methoxy groups -OCH3 is 1. The molecule has 2 aliphatic rings. The molecule has 1 aromatic heterocycles. The number of hydrogen-bond donors (Lipinski definition) is 2. The van der Waals surface area contributed by atoms with Crippen molar-refractivity contribution in [2.45, 2.75) is 23.8 Å². The number of ether oxygens (including phenoxy) is 1. The van der Waals surface area contributed by atoms with Gasteiger partial charge in [0.25, 0.3) is 4.90 Å². The summed E-state index contributed by atoms with van der Waals surface area (Å²) >= 11 is 5.10. The quantitative estimate of drug-likeness (QED) is 0.629. The predicted octanol–water partition coefficient (Wildman–Crippen LogP) is 1.39. The number of aryl methyl sites for hydroxylation is 1. The van der Waals surface area contributed by atoms with Gasteiger partial charge >= 0.3 is 6.09 Å². The van der Waals surface area contributed by atoms with E-state index in [0.29, 0.717) is 31.1 Å². The zero-order chi connectivity index (χ0) is 15.0. The zero-order valence-corrected chi connectivity index (χ0v) is 13.1. The van der Waals surface area contributed by atoms with Crippen molar-refractivity contribution in [1.82, 2.24) is 14.9 Å². The minimum Gasteiger partial charge on any atom is -0.453 e. The maximum absolute atomic E-state index is 11.5. The van der Waals surface area contributed by atoms with Gasteiger partial charge in [-0.05, 0) is 18.0 Å². The summed E-state index contributed by atoms with van der Waals surface area (Å²) < 4.78 is 14.8. The van der Waals surface area contributed by atoms with Gasteiger partial charge in [-0.2, -0.15) is 9.54 Å². The monoisotopic (exact) mass is 331 g/mol. The van der Waals surface area contributed by atoms with E-state index in [4.69, 9.17) is 16.3 Å². The summed E-state index contributed by atoms with van der Waals surface area (Å²) in [4.78, 5) is 22.3. The maximum atomic E-state index is 11.5. The van der Waals surface area contributed by atoms with E-state index >= 15 is 0 Å². The molecule has 1 aromatic rings. The Hall–Kier alpha value is -1.25. The molecule has 3 heterocycles. The molecule has 0 radical (unpaired) electrons. The van der Waals surface area contributed by atoms with E-state index in [-0.39, 0.29) is 17.4 Å². The third-order valence-corrected chi connectivity index (χ3v) is 5.30. The van der Waals surface area contributed by atoms with Crippen LogP contribution in [-0.2, 0) is 22.3 Å². The number of halogens is 1. The minimum absolute atomic E-state index is 0.0665. The number of fused-ring (bicyclic) bond motifs is 1. The van der Waals surface area contributed by atoms with E-state index in [2.05, 4.69) is 15.3 Å². The molecule has 2 atom stereocenters. The van der Waals surface area contributed by atoms with Crippen LogP contribution in [-0.4, -0.2) is 57.5 Å². The van der Waals surface area contributed by atoms with Crippen molar-refractivity contribution in [2.24, 2.45) is 0 Å². The van der Waals surface area contributed by atoms with Crippen LogP contribution in [0.25, 0.3) is 0 Å². The molecule has 9 heteroatoms. The van der Waals surface area contributed by atoms with Gasteiger partial charge < -0.3 is 15.0 Å². The lowest BCUT2D eigenvalue weighted by molar-refractivity contribution is 0.132. The first-order valence-corrected chi connectivity index (χ1v) is 8.37. The summed E-state index contributed by atoms with van der Waals surface area (Å²) in [6.07, 6.45) is 1.18. The molecule has 0 aromatic carbocycles. The van der Waals surface area contributed by atoms with Crippen molar-refractivity contribution < 1.29 is 14.1 Å². The molecule has 0 bridgehead atoms. The zero-order valence-electron chi connectivity index (χ0n) is 11.5. The SMILES string of the molecule is COC(=O)N1CC[C@@H](Nc2nc(Cl)nc3c2[S+](O)CC3)C1. The summed E-state index contributed by atoms with van der Waals surface area (Å²) in [6.45, 7) is 1.18. The highest BCUT2D eigenvalue weighted by Crippen LogP contribution is 2.32. The molecular formula is C12H16ClN4O3S+. The molecule has 2 aliphatic heterocycles. The highest BCUT2D eigenvalue weighted by atomic mass is 35.5. The van der Waals surface area contributed by atoms with Crippen molar-refractivity contribution in [3.63, 3.8) is 0 Å². The average molecular weight is 332 g/mol. The first-order valence-electron chi connectivity index (χ1n) is 6.64. The van der Waals surface area contributed by atoms with Crippen molar-refractivity contribution in [3.8, 4) is 0 Å². The fourth-order valence-electron chi connectivity index (χ4n) is 2.64. The van der Waals surface area contributed by atoms with Gasteiger partial charge in [0.1, 0.15) is 5.69 Å². The topological polar surface area (TPSA) is 87.6 Å². The Labute approximate surface area is 130 Å². The van der Waals surface area contributed by atoms with Crippen LogP contribution >= 0.6 is 11.6 Å². The number of anilines is 1. The molecule has 1 amide bonds. The third kappa shape index (κ3) is 2.88. The van der Waals surface area contributed by atoms with Gasteiger partial charge in [0.2, 0.25) is 5.28 Å². The van der Waals surface area contributed by atoms with Crippen LogP contribution in [0.3, 0.4) is 0 Å². The first kappa shape index (κ1) is 14.7. The van der Waals surface area contributed by atoms with Crippen LogP contribution in [0.1, 0.15) is 12.1 Å². The van der Waals surface area contributed by atoms with E-state index in [1.807, 2.05) is 0 Å². The highest BCUT2D eigenvalue weighted by Gasteiger charge is 2.39. The predicted molar refractivity (Wildman–Crippen MR) is 79.9 cm³/mol. The Balaban J connectivity index is 1.76. The van der Waals surface area contributed by atoms with E-state index in [9.17, 15) is 9.35 Å². The number of amides is 1. The van der Waals surface area contributed by atoms with Crippen LogP contribution in [0.2, 0.25) is 5.28 Å². The van der Waals surface area contributed by atoms with Crippen molar-refractivity contribution >= 4 is 34.7 Å². The van der Waals surface area contributed by atoms with Gasteiger partial charge in [0.15, 0.2) is 22.7 Å². The molecule has 3 rings (SSSR count). The lowest BCUT2D eigenvalue weighted by atomic mass is 10.2. The number of hydrogen-bond acceptors (Lipinski definition) is 6. The summed E-state index contributed by atoms with van der Waals surface area (Å²) in [6, 6.07) is 0.0665. The standard InChI is InChI=1S/C12H16ClN4O3S/c1-20-12(18)17-4-2-7(6-17)14-10-9-8(3-5-21(9)19)15-11(13)16-10/h7,19H,2-6H2,1H3,(H,14,15,16)/q+1/t7-,21?/m1/s1. The molecule has 0 saturated carbocycles. The molecule has 21 heavy (non-hydrogen) atoms. The van der Waals surface area contributed by atoms with E-state index < -0.39 is 11.2 Å². The molecule has 7 nitrogen and oxygen atoms in total. The van der Waals surface area contributed by atoms with E-state index in [1.54, 1.807) is 4.90 Å². The first-order chi connectivity index (χ1) is 10.1. The molecule has 0 aliphatic carbocycles. The molecular weight excluding hydrogens is 316 g/mol. The van der Waals surface area contributed by atoms with Gasteiger partial charge in [0.05, 0.1) is 7.11 Å². The number of carbonyl (C=O) groups is 1. The molecule has 1 saturated heterocycles. The van der Waals surface area contributed by atoms with Crippen LogP contribution in [0.15, 0.2) is 4.90 Å². The van der Waals surface area contributed by atoms with Crippen molar-refractivity contribution in [2.75, 3.05) is 31.3 Å². The number of aromatic nitrogens is 2. The summed E-state index contributed by atoms with van der Waals surface area (Å²) in [5, 5.41) is 3.46. The van der Waals surface area contributed by atoms with Gasteiger partial charge in [-0.15, -0.1) is 0 Å². The van der Waals surface area contributed by atoms with Gasteiger partial charge in [-0.3, -0.25) is 0 Å². The van der Waals surface area contributed by atoms with Crippen LogP contribution in [0.4, 0.5) is 10.6 Å². The van der Waals surface area contributed by atoms with Gasteiger partial charge in [-0.1, -0.05) is 0 Å². The number of rotatable bonds is 2. The van der Waals surface area contributed by atoms with Crippen molar-refractivity contribution in [3.05, 3.63) is 11.0 Å². The Bertz CT molecular complexity index is 574. The largest absolute Gasteiger partial charge is 0.453 e. The van der Waals surface area contributed by atoms with Gasteiger partial charge in [-0.25, -0.2) is 9.78 Å². The third-order valence-electron chi connectivity index (χ3n) is 3.64. The van der Waals surface area contributed by atoms with Crippen molar-refractivity contribution in [1.29, 1.82) is 0 Å². The molecule has 114 valence electrons. The lowest BCUT2D eigenvalue weighted by Gasteiger charge is -2.16. The fraction of sp³-hybridized carbons (Fsp3) is 0.583. The number of nitrogens with zero attached hydrogens (tertiary/aromatic N) is 3. The molecule has 0 spiro atoms. The Kier molecular flexibility index (Phi) is 4.10. The molecule has 1 unspecified atom stereocenters. The average Bonchev–Trinajstić information content (AvgIpc) is 3.05. The normalized spacial score (nSPS) is 24.0.